The van der Waals surface area contributed by atoms with Crippen LogP contribution in [0.1, 0.15) is 41.5 Å². The lowest BCUT2D eigenvalue weighted by atomic mass is 9.93. The lowest BCUT2D eigenvalue weighted by molar-refractivity contribution is -0.395. The van der Waals surface area contributed by atoms with Crippen LogP contribution in [0.15, 0.2) is 0 Å². The molecule has 0 spiro atoms. The summed E-state index contributed by atoms with van der Waals surface area (Å²) in [6.07, 6.45) is -108. The smallest absolute Gasteiger partial charge is 0.217 e. The van der Waals surface area contributed by atoms with Gasteiger partial charge >= 0.3 is 0 Å². The molecule has 0 aromatic carbocycles. The minimum absolute atomic E-state index is 0.905. The average Bonchev–Trinajstić information content (AvgIpc) is 0.764. The van der Waals surface area contributed by atoms with Gasteiger partial charge in [0.1, 0.15) is 250 Å². The summed E-state index contributed by atoms with van der Waals surface area (Å²) in [6.45, 7) is -2.85. The van der Waals surface area contributed by atoms with E-state index in [1.54, 1.807) is 0 Å². The van der Waals surface area contributed by atoms with E-state index in [0.717, 1.165) is 20.8 Å². The van der Waals surface area contributed by atoms with E-state index < -0.39 is 408 Å². The number of hydrogen-bond acceptors (Lipinski definition) is 53. The number of ether oxygens (including phenoxy) is 21. The van der Waals surface area contributed by atoms with Crippen LogP contribution in [0.25, 0.3) is 0 Å². The normalized spacial score (nSPS) is 51.6. The fourth-order valence-electron chi connectivity index (χ4n) is 16.8. The summed E-state index contributed by atoms with van der Waals surface area (Å²) in [5, 5.41) is 332. The summed E-state index contributed by atoms with van der Waals surface area (Å²) in [6, 6.07) is -6.08. The summed E-state index contributed by atoms with van der Waals surface area (Å²) in [5.41, 5.74) is 0. The van der Waals surface area contributed by atoms with Gasteiger partial charge in [-0.25, -0.2) is 0 Å². The highest BCUT2D eigenvalue weighted by Gasteiger charge is 2.63. The Kier molecular flexibility index (Phi) is 37.0. The van der Waals surface area contributed by atoms with Gasteiger partial charge in [-0.3, -0.25) is 14.4 Å². The molecule has 32 N–H and O–H groups in total. The van der Waals surface area contributed by atoms with Crippen molar-refractivity contribution in [2.75, 3.05) is 52.9 Å². The van der Waals surface area contributed by atoms with Gasteiger partial charge in [-0.05, 0) is 20.8 Å². The second kappa shape index (κ2) is 45.1. The maximum Gasteiger partial charge on any atom is 0.217 e. The molecule has 128 heavy (non-hydrogen) atoms. The number of hydrogen-bond donors (Lipinski definition) is 32. The molecular weight excluding hydrogens is 1750 g/mol. The van der Waals surface area contributed by atoms with E-state index in [9.17, 15) is 162 Å². The van der Waals surface area contributed by atoms with Gasteiger partial charge in [-0.1, -0.05) is 0 Å². The molecule has 11 saturated heterocycles. The van der Waals surface area contributed by atoms with Crippen LogP contribution in [0.2, 0.25) is 0 Å². The Balaban J connectivity index is 0.908. The maximum absolute atomic E-state index is 13.7. The SMILES string of the molecule is CC(=O)NC1C(OC2C(O)C(COC3OC(CO)C(OC4OC(CO)C(O)C(OC5OC(CO)C(O)C(OC6OC(CO)C(O)C(O)C6OC6OC(C)C(O)C(O)C6O)C5NC(C)=O)C4O)C(OC4OC(C)C(O)C(O)C4O)C3NC(C)=O)OC(OC3C(CO)OC(O)C(O)C3O)C2O)OC(CO)C(O)C1OC1OC(CO)C(O)C(O)C1OC1OC(C)C(O)C(O)C1O. The third kappa shape index (κ3) is 22.5. The number of carbonyl (C=O) groups is 3. The van der Waals surface area contributed by atoms with Crippen LogP contribution in [-0.4, -0.2) is 556 Å². The van der Waals surface area contributed by atoms with Crippen molar-refractivity contribution in [3.8, 4) is 0 Å². The fourth-order valence-corrected chi connectivity index (χ4v) is 16.8. The highest BCUT2D eigenvalue weighted by atomic mass is 16.8. The van der Waals surface area contributed by atoms with Crippen molar-refractivity contribution >= 4 is 17.7 Å². The van der Waals surface area contributed by atoms with Crippen LogP contribution in [0.5, 0.6) is 0 Å². The molecule has 3 amide bonds. The van der Waals surface area contributed by atoms with Gasteiger partial charge in [-0.15, -0.1) is 0 Å². The Morgan fingerprint density at radius 2 is 0.477 bits per heavy atom. The summed E-state index contributed by atoms with van der Waals surface area (Å²) in [5.74, 6) is -3.04. The lowest BCUT2D eigenvalue weighted by Crippen LogP contribution is -2.71. The highest BCUT2D eigenvalue weighted by molar-refractivity contribution is 5.74. The molecule has 11 aliphatic heterocycles. The Bertz CT molecular complexity index is 3460. The van der Waals surface area contributed by atoms with Gasteiger partial charge < -0.3 is 264 Å². The first-order valence-corrected chi connectivity index (χ1v) is 41.2. The molecular formula is C72H121N3O53. The standard InChI is InChI=1S/C72H121N3O53/c1-15-32(86)41(95)48(102)66(109-15)124-57-31(75-20(6)85)63(118-27(13-82)54(57)121-69-51(105)58(39(93)25(11-80)115-69)125-64-29(73-18(4)83)55(37(91)23(9-78)113-64)122-71-60(44(98)35(89)21(7-76)116-71)127-67-49(103)42(96)33(87)16(2)110-67)108-14-28-40(94)59(52(106)70(119-28)120-53-26(12-81)112-62(107)47(101)46(53)100)126-65-30(74-19(5)84)56(38(92)24(10-79)114-65)123-72-61(45(99)36(90)22(8-77)117-72)128-68-50(104)43(97)34(88)17(3)111-68/h15-17,21-72,76-82,86-107H,7-14H2,1-6H3,(H,73,83)(H,74,84)(H,75,85). The number of carbonyl (C=O) groups excluding carboxylic acids is 3. The molecule has 56 heteroatoms. The Labute approximate surface area is 725 Å². The molecule has 0 bridgehead atoms. The Hall–Kier alpha value is -3.59. The molecule has 0 aromatic rings. The molecule has 11 fully saturated rings. The minimum Gasteiger partial charge on any atom is -0.394 e. The molecule has 55 unspecified atom stereocenters. The number of aliphatic hydroxyl groups is 29. The number of amides is 3. The summed E-state index contributed by atoms with van der Waals surface area (Å²) < 4.78 is 126. The third-order valence-electron chi connectivity index (χ3n) is 24.1. The number of aliphatic hydroxyl groups excluding tert-OH is 29. The fraction of sp³-hybridized carbons (Fsp3) is 0.958. The zero-order valence-corrected chi connectivity index (χ0v) is 69.2. The van der Waals surface area contributed by atoms with Gasteiger partial charge in [0, 0.05) is 20.8 Å². The largest absolute Gasteiger partial charge is 0.394 e. The van der Waals surface area contributed by atoms with E-state index in [1.165, 1.54) is 20.8 Å². The van der Waals surface area contributed by atoms with Crippen molar-refractivity contribution in [1.82, 2.24) is 16.0 Å². The second-order valence-electron chi connectivity index (χ2n) is 33.0. The summed E-state index contributed by atoms with van der Waals surface area (Å²) in [4.78, 5) is 40.4. The first-order chi connectivity index (χ1) is 60.5. The van der Waals surface area contributed by atoms with E-state index in [4.69, 9.17) is 99.5 Å². The van der Waals surface area contributed by atoms with Gasteiger partial charge in [0.05, 0.1) is 71.2 Å². The van der Waals surface area contributed by atoms with Crippen molar-refractivity contribution in [2.45, 2.75) is 379 Å². The van der Waals surface area contributed by atoms with Crippen LogP contribution >= 0.6 is 0 Å². The predicted molar refractivity (Wildman–Crippen MR) is 393 cm³/mol. The van der Waals surface area contributed by atoms with Gasteiger partial charge in [0.25, 0.3) is 0 Å². The van der Waals surface area contributed by atoms with Crippen molar-refractivity contribution < 1.29 is 262 Å². The zero-order chi connectivity index (χ0) is 94.1. The third-order valence-corrected chi connectivity index (χ3v) is 24.1. The van der Waals surface area contributed by atoms with Crippen LogP contribution < -0.4 is 16.0 Å². The molecule has 0 saturated carbocycles. The average molecular weight is 1880 g/mol. The first-order valence-electron chi connectivity index (χ1n) is 41.2. The second-order valence-corrected chi connectivity index (χ2v) is 33.0. The van der Waals surface area contributed by atoms with Crippen molar-refractivity contribution in [3.05, 3.63) is 0 Å². The van der Waals surface area contributed by atoms with Crippen molar-refractivity contribution in [3.63, 3.8) is 0 Å². The minimum atomic E-state index is -2.51. The Morgan fingerprint density at radius 1 is 0.219 bits per heavy atom. The van der Waals surface area contributed by atoms with Crippen LogP contribution in [-0.2, 0) is 114 Å². The molecule has 0 aliphatic carbocycles. The molecule has 11 aliphatic rings. The van der Waals surface area contributed by atoms with E-state index in [0.29, 0.717) is 0 Å². The Morgan fingerprint density at radius 3 is 0.844 bits per heavy atom. The van der Waals surface area contributed by atoms with Crippen LogP contribution in [0, 0.1) is 0 Å². The predicted octanol–water partition coefficient (Wildman–Crippen LogP) is -21.5. The molecule has 0 radical (unpaired) electrons. The monoisotopic (exact) mass is 1880 g/mol. The summed E-state index contributed by atoms with van der Waals surface area (Å²) in [7, 11) is 0. The van der Waals surface area contributed by atoms with Crippen LogP contribution in [0.3, 0.4) is 0 Å². The molecule has 11 heterocycles. The van der Waals surface area contributed by atoms with E-state index >= 15 is 0 Å². The number of nitrogens with one attached hydrogen (secondary N) is 3. The van der Waals surface area contributed by atoms with Gasteiger partial charge in [0.2, 0.25) is 17.7 Å². The maximum atomic E-state index is 13.7. The zero-order valence-electron chi connectivity index (χ0n) is 69.2. The number of rotatable bonds is 31. The molecule has 11 rings (SSSR count). The van der Waals surface area contributed by atoms with E-state index in [-0.39, 0.29) is 0 Å². The quantitative estimate of drug-likeness (QED) is 0.0306. The summed E-state index contributed by atoms with van der Waals surface area (Å²) >= 11 is 0. The first kappa shape index (κ1) is 105. The van der Waals surface area contributed by atoms with Crippen molar-refractivity contribution in [2.24, 2.45) is 0 Å². The molecule has 0 aromatic heterocycles. The van der Waals surface area contributed by atoms with E-state index in [2.05, 4.69) is 16.0 Å². The topological polar surface area (TPSA) is 868 Å². The van der Waals surface area contributed by atoms with Crippen molar-refractivity contribution in [1.29, 1.82) is 0 Å². The van der Waals surface area contributed by atoms with E-state index in [1.807, 2.05) is 0 Å². The highest BCUT2D eigenvalue weighted by Crippen LogP contribution is 2.42. The van der Waals surface area contributed by atoms with Crippen LogP contribution in [0.4, 0.5) is 0 Å². The van der Waals surface area contributed by atoms with Gasteiger partial charge in [0.15, 0.2) is 69.2 Å². The van der Waals surface area contributed by atoms with Gasteiger partial charge in [-0.2, -0.15) is 0 Å². The molecule has 56 nitrogen and oxygen atoms in total. The molecule has 55 atom stereocenters. The molecule has 742 valence electrons. The lowest BCUT2D eigenvalue weighted by Gasteiger charge is -2.52.